The maximum absolute atomic E-state index is 10.7. The number of nitrogens with zero attached hydrogens (tertiary/aromatic N) is 1. The van der Waals surface area contributed by atoms with Crippen LogP contribution < -0.4 is 0 Å². The molecule has 0 aliphatic rings. The molecule has 1 unspecified atom stereocenters. The summed E-state index contributed by atoms with van der Waals surface area (Å²) in [7, 11) is 0. The van der Waals surface area contributed by atoms with Crippen molar-refractivity contribution in [2.24, 2.45) is 0 Å². The second-order valence-corrected chi connectivity index (χ2v) is 4.05. The number of fused-ring (bicyclic) bond motifs is 1. The lowest BCUT2D eigenvalue weighted by molar-refractivity contribution is -0.137. The first kappa shape index (κ1) is 11.0. The van der Waals surface area contributed by atoms with Gasteiger partial charge in [-0.3, -0.25) is 4.79 Å². The number of hydrogen-bond donors (Lipinski definition) is 1. The Hall–Kier alpha value is -1.55. The van der Waals surface area contributed by atoms with E-state index in [2.05, 4.69) is 5.16 Å². The van der Waals surface area contributed by atoms with Crippen LogP contribution in [0.2, 0.25) is 5.15 Å². The Morgan fingerprint density at radius 1 is 1.62 bits per heavy atom. The molecule has 1 aromatic carbocycles. The maximum Gasteiger partial charge on any atom is 0.303 e. The molecule has 0 bridgehead atoms. The average molecular weight is 240 g/mol. The fourth-order valence-electron chi connectivity index (χ4n) is 1.76. The Bertz CT molecular complexity index is 535. The molecule has 84 valence electrons. The van der Waals surface area contributed by atoms with E-state index < -0.39 is 5.97 Å². The third-order valence-electron chi connectivity index (χ3n) is 2.50. The highest BCUT2D eigenvalue weighted by Gasteiger charge is 2.17. The molecule has 2 aromatic rings. The lowest BCUT2D eigenvalue weighted by Gasteiger charge is -2.09. The highest BCUT2D eigenvalue weighted by atomic mass is 35.5. The zero-order chi connectivity index (χ0) is 11.7. The van der Waals surface area contributed by atoms with Crippen LogP contribution in [0.4, 0.5) is 0 Å². The second kappa shape index (κ2) is 4.14. The minimum atomic E-state index is -0.836. The van der Waals surface area contributed by atoms with Crippen LogP contribution in [0, 0.1) is 0 Å². The normalized spacial score (nSPS) is 12.9. The van der Waals surface area contributed by atoms with Crippen molar-refractivity contribution in [3.05, 3.63) is 28.9 Å². The Kier molecular flexibility index (Phi) is 2.83. The highest BCUT2D eigenvalue weighted by Crippen LogP contribution is 2.32. The van der Waals surface area contributed by atoms with E-state index in [4.69, 9.17) is 21.2 Å². The molecule has 0 aliphatic carbocycles. The highest BCUT2D eigenvalue weighted by molar-refractivity contribution is 6.34. The van der Waals surface area contributed by atoms with Crippen LogP contribution >= 0.6 is 11.6 Å². The largest absolute Gasteiger partial charge is 0.481 e. The molecular formula is C11H10ClNO3. The third kappa shape index (κ3) is 1.88. The van der Waals surface area contributed by atoms with Gasteiger partial charge in [-0.25, -0.2) is 0 Å². The minimum Gasteiger partial charge on any atom is -0.481 e. The molecule has 0 radical (unpaired) electrons. The van der Waals surface area contributed by atoms with Gasteiger partial charge in [0.15, 0.2) is 10.7 Å². The number of carboxylic acid groups (broad SMARTS) is 1. The minimum absolute atomic E-state index is 0.0562. The van der Waals surface area contributed by atoms with Gasteiger partial charge in [0, 0.05) is 0 Å². The van der Waals surface area contributed by atoms with Gasteiger partial charge < -0.3 is 9.63 Å². The first-order chi connectivity index (χ1) is 7.59. The maximum atomic E-state index is 10.7. The van der Waals surface area contributed by atoms with Crippen LogP contribution in [-0.2, 0) is 4.79 Å². The fraction of sp³-hybridized carbons (Fsp3) is 0.273. The van der Waals surface area contributed by atoms with Crippen LogP contribution in [0.5, 0.6) is 0 Å². The summed E-state index contributed by atoms with van der Waals surface area (Å²) in [6.07, 6.45) is 0.0562. The van der Waals surface area contributed by atoms with Crippen LogP contribution in [0.25, 0.3) is 11.0 Å². The van der Waals surface area contributed by atoms with Gasteiger partial charge in [-0.05, 0) is 17.5 Å². The van der Waals surface area contributed by atoms with Crippen LogP contribution in [0.15, 0.2) is 22.7 Å². The molecule has 0 fully saturated rings. The molecule has 1 atom stereocenters. The Labute approximate surface area is 96.8 Å². The first-order valence-corrected chi connectivity index (χ1v) is 5.23. The van der Waals surface area contributed by atoms with E-state index in [-0.39, 0.29) is 17.5 Å². The van der Waals surface area contributed by atoms with Crippen molar-refractivity contribution < 1.29 is 14.4 Å². The lowest BCUT2D eigenvalue weighted by atomic mass is 9.95. The Morgan fingerprint density at radius 2 is 2.38 bits per heavy atom. The van der Waals surface area contributed by atoms with E-state index in [0.29, 0.717) is 11.0 Å². The molecule has 0 saturated heterocycles. The predicted octanol–water partition coefficient (Wildman–Crippen LogP) is 3.06. The monoisotopic (exact) mass is 239 g/mol. The van der Waals surface area contributed by atoms with Gasteiger partial charge >= 0.3 is 5.97 Å². The van der Waals surface area contributed by atoms with Crippen molar-refractivity contribution in [3.63, 3.8) is 0 Å². The van der Waals surface area contributed by atoms with Crippen molar-refractivity contribution in [2.75, 3.05) is 0 Å². The van der Waals surface area contributed by atoms with E-state index in [9.17, 15) is 4.79 Å². The SMILES string of the molecule is CC(CC(=O)O)c1cccc2onc(Cl)c12. The molecular weight excluding hydrogens is 230 g/mol. The van der Waals surface area contributed by atoms with Gasteiger partial charge in [0.2, 0.25) is 0 Å². The van der Waals surface area contributed by atoms with Gasteiger partial charge in [0.05, 0.1) is 11.8 Å². The van der Waals surface area contributed by atoms with Crippen molar-refractivity contribution >= 4 is 28.5 Å². The fourth-order valence-corrected chi connectivity index (χ4v) is 2.00. The summed E-state index contributed by atoms with van der Waals surface area (Å²) in [5, 5.41) is 13.4. The third-order valence-corrected chi connectivity index (χ3v) is 2.76. The van der Waals surface area contributed by atoms with Gasteiger partial charge in [-0.1, -0.05) is 35.8 Å². The van der Waals surface area contributed by atoms with E-state index >= 15 is 0 Å². The van der Waals surface area contributed by atoms with Crippen LogP contribution in [0.3, 0.4) is 0 Å². The number of carbonyl (C=O) groups is 1. The van der Waals surface area contributed by atoms with Crippen molar-refractivity contribution in [1.82, 2.24) is 5.16 Å². The molecule has 0 saturated carbocycles. The second-order valence-electron chi connectivity index (χ2n) is 3.69. The van der Waals surface area contributed by atoms with E-state index in [0.717, 1.165) is 5.56 Å². The van der Waals surface area contributed by atoms with Gasteiger partial charge in [0.25, 0.3) is 0 Å². The number of rotatable bonds is 3. The molecule has 0 amide bonds. The number of hydrogen-bond acceptors (Lipinski definition) is 3. The van der Waals surface area contributed by atoms with E-state index in [1.807, 2.05) is 13.0 Å². The number of halogens is 1. The summed E-state index contributed by atoms with van der Waals surface area (Å²) in [5.74, 6) is -0.963. The molecule has 2 rings (SSSR count). The number of aromatic nitrogens is 1. The topological polar surface area (TPSA) is 63.3 Å². The molecule has 1 N–H and O–H groups in total. The number of benzene rings is 1. The molecule has 0 aliphatic heterocycles. The number of aliphatic carboxylic acids is 1. The summed E-state index contributed by atoms with van der Waals surface area (Å²) in [4.78, 5) is 10.7. The summed E-state index contributed by atoms with van der Waals surface area (Å²) in [5.41, 5.74) is 1.44. The van der Waals surface area contributed by atoms with Gasteiger partial charge in [0.1, 0.15) is 0 Å². The summed E-state index contributed by atoms with van der Waals surface area (Å²) in [6, 6.07) is 5.40. The predicted molar refractivity (Wildman–Crippen MR) is 59.7 cm³/mol. The molecule has 5 heteroatoms. The Morgan fingerprint density at radius 3 is 3.06 bits per heavy atom. The zero-order valence-electron chi connectivity index (χ0n) is 8.61. The first-order valence-electron chi connectivity index (χ1n) is 4.85. The molecule has 1 heterocycles. The summed E-state index contributed by atoms with van der Waals surface area (Å²) < 4.78 is 5.02. The van der Waals surface area contributed by atoms with Crippen molar-refractivity contribution in [3.8, 4) is 0 Å². The van der Waals surface area contributed by atoms with Crippen molar-refractivity contribution in [2.45, 2.75) is 19.3 Å². The summed E-state index contributed by atoms with van der Waals surface area (Å²) in [6.45, 7) is 1.84. The van der Waals surface area contributed by atoms with Gasteiger partial charge in [-0.15, -0.1) is 0 Å². The van der Waals surface area contributed by atoms with E-state index in [1.165, 1.54) is 0 Å². The quantitative estimate of drug-likeness (QED) is 0.894. The lowest BCUT2D eigenvalue weighted by Crippen LogP contribution is -2.03. The molecule has 0 spiro atoms. The number of carboxylic acids is 1. The Balaban J connectivity index is 2.50. The molecule has 1 aromatic heterocycles. The average Bonchev–Trinajstić information content (AvgIpc) is 2.59. The smallest absolute Gasteiger partial charge is 0.303 e. The van der Waals surface area contributed by atoms with Crippen LogP contribution in [0.1, 0.15) is 24.8 Å². The zero-order valence-corrected chi connectivity index (χ0v) is 9.36. The summed E-state index contributed by atoms with van der Waals surface area (Å²) >= 11 is 5.91. The van der Waals surface area contributed by atoms with E-state index in [1.54, 1.807) is 12.1 Å². The molecule has 16 heavy (non-hydrogen) atoms. The van der Waals surface area contributed by atoms with Crippen LogP contribution in [-0.4, -0.2) is 16.2 Å². The standard InChI is InChI=1S/C11H10ClNO3/c1-6(5-9(14)15)7-3-2-4-8-10(7)11(12)13-16-8/h2-4,6H,5H2,1H3,(H,14,15). The van der Waals surface area contributed by atoms with Crippen molar-refractivity contribution in [1.29, 1.82) is 0 Å². The molecule has 4 nitrogen and oxygen atoms in total. The van der Waals surface area contributed by atoms with Gasteiger partial charge in [-0.2, -0.15) is 0 Å².